The highest BCUT2D eigenvalue weighted by Gasteiger charge is 2.22. The van der Waals surface area contributed by atoms with Crippen molar-refractivity contribution in [1.82, 2.24) is 4.90 Å². The number of hydrogen-bond acceptors (Lipinski definition) is 3. The Morgan fingerprint density at radius 1 is 1.57 bits per heavy atom. The van der Waals surface area contributed by atoms with Crippen LogP contribution in [0.15, 0.2) is 0 Å². The van der Waals surface area contributed by atoms with E-state index in [1.807, 2.05) is 0 Å². The maximum atomic E-state index is 10.4. The number of aliphatic carboxylic acids is 1. The van der Waals surface area contributed by atoms with Gasteiger partial charge >= 0.3 is 5.97 Å². The summed E-state index contributed by atoms with van der Waals surface area (Å²) in [6, 6.07) is 0.0693. The number of nitrogens with zero attached hydrogens (tertiary/aromatic N) is 1. The zero-order valence-corrected chi connectivity index (χ0v) is 8.78. The number of piperidine rings is 1. The van der Waals surface area contributed by atoms with E-state index in [-0.39, 0.29) is 12.5 Å². The lowest BCUT2D eigenvalue weighted by Crippen LogP contribution is -2.39. The first-order valence-corrected chi connectivity index (χ1v) is 5.25. The molecular weight excluding hydrogens is 180 g/mol. The van der Waals surface area contributed by atoms with Crippen LogP contribution >= 0.6 is 0 Å². The summed E-state index contributed by atoms with van der Waals surface area (Å²) in [4.78, 5) is 12.7. The molecule has 1 aliphatic heterocycles. The number of carboxylic acids is 1. The zero-order valence-electron chi connectivity index (χ0n) is 8.78. The smallest absolute Gasteiger partial charge is 0.303 e. The fourth-order valence-corrected chi connectivity index (χ4v) is 1.98. The average molecular weight is 200 g/mol. The molecule has 0 bridgehead atoms. The fourth-order valence-electron chi connectivity index (χ4n) is 1.98. The van der Waals surface area contributed by atoms with Crippen LogP contribution in [0.2, 0.25) is 0 Å². The van der Waals surface area contributed by atoms with Crippen molar-refractivity contribution in [3.8, 4) is 0 Å². The van der Waals surface area contributed by atoms with Gasteiger partial charge in [-0.1, -0.05) is 0 Å². The molecule has 0 spiro atoms. The number of carbonyl (C=O) groups is 1. The van der Waals surface area contributed by atoms with Gasteiger partial charge in [0.2, 0.25) is 0 Å². The summed E-state index contributed by atoms with van der Waals surface area (Å²) in [6.45, 7) is 2.18. The quantitative estimate of drug-likeness (QED) is 0.694. The first kappa shape index (κ1) is 11.5. The third kappa shape index (κ3) is 3.64. The standard InChI is InChI=1S/C10H20N2O2/c1-12-6-4-8(5-7-12)9(11)2-3-10(13)14/h8-9H,2-7,11H2,1H3,(H,13,14). The summed E-state index contributed by atoms with van der Waals surface area (Å²) in [6.07, 6.45) is 3.03. The number of carboxylic acid groups (broad SMARTS) is 1. The van der Waals surface area contributed by atoms with E-state index < -0.39 is 5.97 Å². The van der Waals surface area contributed by atoms with E-state index in [9.17, 15) is 4.79 Å². The Bertz CT molecular complexity index is 189. The Morgan fingerprint density at radius 3 is 2.64 bits per heavy atom. The Morgan fingerprint density at radius 2 is 2.14 bits per heavy atom. The second kappa shape index (κ2) is 5.32. The molecule has 1 rings (SSSR count). The Balaban J connectivity index is 2.23. The van der Waals surface area contributed by atoms with Gasteiger partial charge in [-0.2, -0.15) is 0 Å². The molecule has 1 saturated heterocycles. The second-order valence-corrected chi connectivity index (χ2v) is 4.24. The van der Waals surface area contributed by atoms with Gasteiger partial charge in [0.1, 0.15) is 0 Å². The molecule has 1 heterocycles. The lowest BCUT2D eigenvalue weighted by atomic mass is 9.88. The minimum absolute atomic E-state index is 0.0693. The molecule has 0 aromatic carbocycles. The maximum absolute atomic E-state index is 10.4. The van der Waals surface area contributed by atoms with Crippen LogP contribution < -0.4 is 5.73 Å². The van der Waals surface area contributed by atoms with Crippen molar-refractivity contribution in [3.05, 3.63) is 0 Å². The van der Waals surface area contributed by atoms with Gasteiger partial charge in [0.15, 0.2) is 0 Å². The van der Waals surface area contributed by atoms with Gasteiger partial charge in [0.25, 0.3) is 0 Å². The predicted molar refractivity (Wildman–Crippen MR) is 55.1 cm³/mol. The third-order valence-electron chi connectivity index (χ3n) is 3.06. The highest BCUT2D eigenvalue weighted by molar-refractivity contribution is 5.66. The average Bonchev–Trinajstić information content (AvgIpc) is 2.15. The van der Waals surface area contributed by atoms with E-state index in [2.05, 4.69) is 11.9 Å². The van der Waals surface area contributed by atoms with E-state index in [1.165, 1.54) is 0 Å². The summed E-state index contributed by atoms with van der Waals surface area (Å²) in [5, 5.41) is 8.54. The van der Waals surface area contributed by atoms with Crippen molar-refractivity contribution in [2.24, 2.45) is 11.7 Å². The minimum Gasteiger partial charge on any atom is -0.481 e. The minimum atomic E-state index is -0.742. The Kier molecular flexibility index (Phi) is 4.35. The molecule has 1 fully saturated rings. The largest absolute Gasteiger partial charge is 0.481 e. The van der Waals surface area contributed by atoms with Crippen molar-refractivity contribution < 1.29 is 9.90 Å². The van der Waals surface area contributed by atoms with Gasteiger partial charge in [-0.05, 0) is 45.3 Å². The van der Waals surface area contributed by atoms with E-state index >= 15 is 0 Å². The summed E-state index contributed by atoms with van der Waals surface area (Å²) < 4.78 is 0. The molecule has 0 aliphatic carbocycles. The van der Waals surface area contributed by atoms with Crippen molar-refractivity contribution in [1.29, 1.82) is 0 Å². The molecule has 1 aliphatic rings. The van der Waals surface area contributed by atoms with Crippen LogP contribution in [0.3, 0.4) is 0 Å². The highest BCUT2D eigenvalue weighted by atomic mass is 16.4. The first-order valence-electron chi connectivity index (χ1n) is 5.25. The monoisotopic (exact) mass is 200 g/mol. The van der Waals surface area contributed by atoms with Gasteiger partial charge < -0.3 is 15.7 Å². The molecule has 4 heteroatoms. The molecule has 4 nitrogen and oxygen atoms in total. The van der Waals surface area contributed by atoms with E-state index in [0.29, 0.717) is 12.3 Å². The second-order valence-electron chi connectivity index (χ2n) is 4.24. The Hall–Kier alpha value is -0.610. The predicted octanol–water partition coefficient (Wildman–Crippen LogP) is 0.520. The van der Waals surface area contributed by atoms with Crippen LogP contribution in [0.4, 0.5) is 0 Å². The lowest BCUT2D eigenvalue weighted by Gasteiger charge is -2.32. The molecule has 3 N–H and O–H groups in total. The van der Waals surface area contributed by atoms with Gasteiger partial charge in [-0.25, -0.2) is 0 Å². The molecule has 1 atom stereocenters. The fraction of sp³-hybridized carbons (Fsp3) is 0.900. The van der Waals surface area contributed by atoms with Crippen LogP contribution in [0, 0.1) is 5.92 Å². The summed E-state index contributed by atoms with van der Waals surface area (Å²) >= 11 is 0. The molecule has 0 amide bonds. The van der Waals surface area contributed by atoms with Crippen LogP contribution in [0.1, 0.15) is 25.7 Å². The number of hydrogen-bond donors (Lipinski definition) is 2. The lowest BCUT2D eigenvalue weighted by molar-refractivity contribution is -0.137. The summed E-state index contributed by atoms with van der Waals surface area (Å²) in [7, 11) is 2.11. The van der Waals surface area contributed by atoms with Gasteiger partial charge in [0.05, 0.1) is 0 Å². The van der Waals surface area contributed by atoms with Gasteiger partial charge in [-0.15, -0.1) is 0 Å². The molecule has 14 heavy (non-hydrogen) atoms. The highest BCUT2D eigenvalue weighted by Crippen LogP contribution is 2.20. The van der Waals surface area contributed by atoms with E-state index in [4.69, 9.17) is 10.8 Å². The SMILES string of the molecule is CN1CCC(C(N)CCC(=O)O)CC1. The van der Waals surface area contributed by atoms with Crippen LogP contribution in [-0.4, -0.2) is 42.2 Å². The molecule has 0 aromatic heterocycles. The molecular formula is C10H20N2O2. The molecule has 0 radical (unpaired) electrons. The van der Waals surface area contributed by atoms with E-state index in [0.717, 1.165) is 25.9 Å². The van der Waals surface area contributed by atoms with Crippen molar-refractivity contribution in [2.75, 3.05) is 20.1 Å². The normalized spacial score (nSPS) is 22.1. The summed E-state index contributed by atoms with van der Waals surface area (Å²) in [5.41, 5.74) is 5.96. The number of nitrogens with two attached hydrogens (primary N) is 1. The maximum Gasteiger partial charge on any atom is 0.303 e. The molecule has 82 valence electrons. The van der Waals surface area contributed by atoms with Gasteiger partial charge in [-0.3, -0.25) is 4.79 Å². The third-order valence-corrected chi connectivity index (χ3v) is 3.06. The van der Waals surface area contributed by atoms with Gasteiger partial charge in [0, 0.05) is 12.5 Å². The first-order chi connectivity index (χ1) is 6.59. The van der Waals surface area contributed by atoms with Crippen molar-refractivity contribution >= 4 is 5.97 Å². The number of rotatable bonds is 4. The van der Waals surface area contributed by atoms with E-state index in [1.54, 1.807) is 0 Å². The van der Waals surface area contributed by atoms with Crippen molar-refractivity contribution in [3.63, 3.8) is 0 Å². The van der Waals surface area contributed by atoms with Crippen LogP contribution in [0.5, 0.6) is 0 Å². The topological polar surface area (TPSA) is 66.6 Å². The molecule has 0 aromatic rings. The van der Waals surface area contributed by atoms with Crippen LogP contribution in [-0.2, 0) is 4.79 Å². The molecule has 1 unspecified atom stereocenters. The molecule has 0 saturated carbocycles. The van der Waals surface area contributed by atoms with Crippen molar-refractivity contribution in [2.45, 2.75) is 31.7 Å². The number of likely N-dealkylation sites (tertiary alicyclic amines) is 1. The summed E-state index contributed by atoms with van der Waals surface area (Å²) in [5.74, 6) is -0.223. The zero-order chi connectivity index (χ0) is 10.6. The Labute approximate surface area is 85.1 Å². The van der Waals surface area contributed by atoms with Crippen LogP contribution in [0.25, 0.3) is 0 Å².